The van der Waals surface area contributed by atoms with Gasteiger partial charge in [0, 0.05) is 5.71 Å². The molecule has 1 aliphatic rings. The van der Waals surface area contributed by atoms with E-state index >= 15 is 0 Å². The van der Waals surface area contributed by atoms with Gasteiger partial charge >= 0.3 is 0 Å². The van der Waals surface area contributed by atoms with Gasteiger partial charge in [-0.2, -0.15) is 5.10 Å². The third kappa shape index (κ3) is 1.59. The van der Waals surface area contributed by atoms with Gasteiger partial charge < -0.3 is 0 Å². The van der Waals surface area contributed by atoms with E-state index in [2.05, 4.69) is 5.10 Å². The van der Waals surface area contributed by atoms with Crippen LogP contribution in [-0.4, -0.2) is 22.2 Å². The van der Waals surface area contributed by atoms with Gasteiger partial charge in [-0.15, -0.1) is 0 Å². The first-order valence-electron chi connectivity index (χ1n) is 3.78. The number of hydrogen-bond donors (Lipinski definition) is 0. The molecule has 0 aliphatic carbocycles. The Labute approximate surface area is 67.1 Å². The van der Waals surface area contributed by atoms with Crippen molar-refractivity contribution in [1.29, 1.82) is 0 Å². The molecule has 62 valence electrons. The Kier molecular flexibility index (Phi) is 1.74. The molecule has 1 aliphatic heterocycles. The minimum absolute atomic E-state index is 0.106. The zero-order valence-corrected chi connectivity index (χ0v) is 7.51. The summed E-state index contributed by atoms with van der Waals surface area (Å²) in [5.74, 6) is 0.106. The Hall–Kier alpha value is -0.860. The van der Waals surface area contributed by atoms with Crippen molar-refractivity contribution in [1.82, 2.24) is 5.01 Å². The minimum Gasteiger partial charge on any atom is -0.273 e. The highest BCUT2D eigenvalue weighted by Gasteiger charge is 2.30. The lowest BCUT2D eigenvalue weighted by atomic mass is 10.1. The molecule has 0 saturated heterocycles. The zero-order valence-electron chi connectivity index (χ0n) is 7.51. The first-order valence-corrected chi connectivity index (χ1v) is 3.78. The van der Waals surface area contributed by atoms with Crippen LogP contribution in [0.2, 0.25) is 0 Å². The van der Waals surface area contributed by atoms with Crippen LogP contribution >= 0.6 is 0 Å². The normalized spacial score (nSPS) is 19.1. The fraction of sp³-hybridized carbons (Fsp3) is 0.750. The fourth-order valence-corrected chi connectivity index (χ4v) is 1.08. The second kappa shape index (κ2) is 2.32. The van der Waals surface area contributed by atoms with Crippen LogP contribution in [0.1, 0.15) is 34.1 Å². The van der Waals surface area contributed by atoms with Crippen LogP contribution in [0.3, 0.4) is 0 Å². The summed E-state index contributed by atoms with van der Waals surface area (Å²) in [6.45, 7) is 7.82. The molecule has 1 rings (SSSR count). The Morgan fingerprint density at radius 2 is 2.00 bits per heavy atom. The van der Waals surface area contributed by atoms with Gasteiger partial charge in [0.25, 0.3) is 0 Å². The van der Waals surface area contributed by atoms with Crippen LogP contribution in [0.25, 0.3) is 0 Å². The van der Waals surface area contributed by atoms with Crippen molar-refractivity contribution < 1.29 is 4.79 Å². The molecule has 0 fully saturated rings. The molecule has 1 amide bonds. The lowest BCUT2D eigenvalue weighted by molar-refractivity contribution is -0.133. The zero-order chi connectivity index (χ0) is 8.65. The standard InChI is InChI=1S/C8H14N2O/c1-6-5-7(11)10(9-6)8(2,3)4/h5H2,1-4H3. The minimum atomic E-state index is -0.172. The molecule has 0 atom stereocenters. The van der Waals surface area contributed by atoms with Crippen molar-refractivity contribution >= 4 is 11.6 Å². The molecule has 1 heterocycles. The van der Waals surface area contributed by atoms with E-state index in [1.54, 1.807) is 5.01 Å². The number of rotatable bonds is 0. The van der Waals surface area contributed by atoms with Gasteiger partial charge in [0.2, 0.25) is 5.91 Å². The fourth-order valence-electron chi connectivity index (χ4n) is 1.08. The van der Waals surface area contributed by atoms with Crippen LogP contribution < -0.4 is 0 Å². The van der Waals surface area contributed by atoms with Crippen LogP contribution in [0.15, 0.2) is 5.10 Å². The highest BCUT2D eigenvalue weighted by Crippen LogP contribution is 2.19. The predicted molar refractivity (Wildman–Crippen MR) is 44.3 cm³/mol. The Bertz CT molecular complexity index is 213. The van der Waals surface area contributed by atoms with E-state index in [0.717, 1.165) is 5.71 Å². The van der Waals surface area contributed by atoms with Crippen LogP contribution in [0, 0.1) is 0 Å². The van der Waals surface area contributed by atoms with Crippen LogP contribution in [0.5, 0.6) is 0 Å². The first-order chi connectivity index (χ1) is 4.91. The molecule has 3 heteroatoms. The lowest BCUT2D eigenvalue weighted by Gasteiger charge is -2.27. The van der Waals surface area contributed by atoms with E-state index in [0.29, 0.717) is 6.42 Å². The van der Waals surface area contributed by atoms with Crippen LogP contribution in [-0.2, 0) is 4.79 Å². The molecule has 0 aromatic heterocycles. The van der Waals surface area contributed by atoms with Gasteiger partial charge in [-0.3, -0.25) is 4.79 Å². The van der Waals surface area contributed by atoms with Gasteiger partial charge in [-0.05, 0) is 27.7 Å². The van der Waals surface area contributed by atoms with E-state index < -0.39 is 0 Å². The smallest absolute Gasteiger partial charge is 0.248 e. The summed E-state index contributed by atoms with van der Waals surface area (Å²) in [4.78, 5) is 11.2. The third-order valence-electron chi connectivity index (χ3n) is 1.55. The Morgan fingerprint density at radius 1 is 1.45 bits per heavy atom. The summed E-state index contributed by atoms with van der Waals surface area (Å²) in [5.41, 5.74) is 0.736. The van der Waals surface area contributed by atoms with E-state index in [9.17, 15) is 4.79 Å². The average Bonchev–Trinajstić information content (AvgIpc) is 2.08. The summed E-state index contributed by atoms with van der Waals surface area (Å²) in [6, 6.07) is 0. The number of hydrogen-bond acceptors (Lipinski definition) is 2. The largest absolute Gasteiger partial charge is 0.273 e. The maximum atomic E-state index is 11.2. The molecule has 0 bridgehead atoms. The van der Waals surface area contributed by atoms with Crippen molar-refractivity contribution in [3.8, 4) is 0 Å². The molecule has 3 nitrogen and oxygen atoms in total. The number of carbonyl (C=O) groups excluding carboxylic acids is 1. The number of carbonyl (C=O) groups is 1. The maximum Gasteiger partial charge on any atom is 0.248 e. The van der Waals surface area contributed by atoms with Crippen molar-refractivity contribution in [3.63, 3.8) is 0 Å². The van der Waals surface area contributed by atoms with Gasteiger partial charge in [0.05, 0.1) is 12.0 Å². The second-order valence-corrected chi connectivity index (χ2v) is 3.89. The summed E-state index contributed by atoms with van der Waals surface area (Å²) in [7, 11) is 0. The molecule has 0 unspecified atom stereocenters. The number of nitrogens with zero attached hydrogens (tertiary/aromatic N) is 2. The van der Waals surface area contributed by atoms with E-state index in [1.807, 2.05) is 27.7 Å². The number of amides is 1. The van der Waals surface area contributed by atoms with Crippen molar-refractivity contribution in [2.24, 2.45) is 5.10 Å². The molecule has 0 aromatic carbocycles. The van der Waals surface area contributed by atoms with Crippen molar-refractivity contribution in [3.05, 3.63) is 0 Å². The van der Waals surface area contributed by atoms with E-state index in [1.165, 1.54) is 0 Å². The maximum absolute atomic E-state index is 11.2. The molecule has 0 N–H and O–H groups in total. The van der Waals surface area contributed by atoms with Crippen LogP contribution in [0.4, 0.5) is 0 Å². The number of hydrazone groups is 1. The molecule has 0 aromatic rings. The summed E-state index contributed by atoms with van der Waals surface area (Å²) in [6.07, 6.45) is 0.483. The summed E-state index contributed by atoms with van der Waals surface area (Å²) < 4.78 is 0. The molecule has 0 saturated carbocycles. The highest BCUT2D eigenvalue weighted by molar-refractivity contribution is 6.03. The van der Waals surface area contributed by atoms with Crippen molar-refractivity contribution in [2.45, 2.75) is 39.7 Å². The van der Waals surface area contributed by atoms with Gasteiger partial charge in [-0.1, -0.05) is 0 Å². The predicted octanol–water partition coefficient (Wildman–Crippen LogP) is 1.39. The van der Waals surface area contributed by atoms with Crippen molar-refractivity contribution in [2.75, 3.05) is 0 Å². The topological polar surface area (TPSA) is 32.7 Å². The molecular weight excluding hydrogens is 140 g/mol. The molecule has 0 radical (unpaired) electrons. The van der Waals surface area contributed by atoms with Gasteiger partial charge in [0.1, 0.15) is 0 Å². The quantitative estimate of drug-likeness (QED) is 0.519. The summed E-state index contributed by atoms with van der Waals surface area (Å²) in [5, 5.41) is 5.70. The van der Waals surface area contributed by atoms with E-state index in [-0.39, 0.29) is 11.4 Å². The SMILES string of the molecule is CC1=NN(C(C)(C)C)C(=O)C1. The molecular formula is C8H14N2O. The van der Waals surface area contributed by atoms with Gasteiger partial charge in [-0.25, -0.2) is 5.01 Å². The van der Waals surface area contributed by atoms with E-state index in [4.69, 9.17) is 0 Å². The Morgan fingerprint density at radius 3 is 2.18 bits per heavy atom. The third-order valence-corrected chi connectivity index (χ3v) is 1.55. The van der Waals surface area contributed by atoms with Gasteiger partial charge in [0.15, 0.2) is 0 Å². The lowest BCUT2D eigenvalue weighted by Crippen LogP contribution is -2.38. The Balaban J connectivity index is 2.82. The molecule has 11 heavy (non-hydrogen) atoms. The monoisotopic (exact) mass is 154 g/mol. The highest BCUT2D eigenvalue weighted by atomic mass is 16.2. The summed E-state index contributed by atoms with van der Waals surface area (Å²) >= 11 is 0. The molecule has 0 spiro atoms. The first kappa shape index (κ1) is 8.24. The average molecular weight is 154 g/mol. The second-order valence-electron chi connectivity index (χ2n) is 3.89.